The van der Waals surface area contributed by atoms with Gasteiger partial charge >= 0.3 is 6.18 Å². The van der Waals surface area contributed by atoms with Crippen LogP contribution in [-0.2, 0) is 23.9 Å². The van der Waals surface area contributed by atoms with Crippen LogP contribution in [0.3, 0.4) is 0 Å². The molecular formula is C26H25F3N4O2. The maximum absolute atomic E-state index is 13.9. The molecule has 1 N–H and O–H groups in total. The van der Waals surface area contributed by atoms with Crippen LogP contribution in [0, 0.1) is 20.8 Å². The van der Waals surface area contributed by atoms with E-state index in [9.17, 15) is 22.8 Å². The summed E-state index contributed by atoms with van der Waals surface area (Å²) in [6.07, 6.45) is -3.97. The molecule has 2 aromatic carbocycles. The van der Waals surface area contributed by atoms with Gasteiger partial charge in [-0.15, -0.1) is 0 Å². The lowest BCUT2D eigenvalue weighted by atomic mass is 10.1. The third-order valence-electron chi connectivity index (χ3n) is 6.17. The molecule has 182 valence electrons. The Kier molecular flexibility index (Phi) is 6.27. The van der Waals surface area contributed by atoms with Gasteiger partial charge in [0.2, 0.25) is 5.91 Å². The zero-order valence-corrected chi connectivity index (χ0v) is 19.8. The second kappa shape index (κ2) is 9.05. The molecule has 9 heteroatoms. The lowest BCUT2D eigenvalue weighted by Crippen LogP contribution is -2.30. The van der Waals surface area contributed by atoms with E-state index in [1.807, 2.05) is 39.0 Å². The number of carbonyl (C=O) groups excluding carboxylic acids is 1. The first-order chi connectivity index (χ1) is 16.5. The molecule has 6 nitrogen and oxygen atoms in total. The monoisotopic (exact) mass is 482 g/mol. The predicted molar refractivity (Wildman–Crippen MR) is 129 cm³/mol. The van der Waals surface area contributed by atoms with E-state index in [1.165, 1.54) is 11.6 Å². The van der Waals surface area contributed by atoms with Crippen LogP contribution in [0.15, 0.2) is 53.3 Å². The standard InChI is InChI=1S/C26H25F3N4O2/c1-5-18-9-11-19(12-10-18)33-25-24(17(4)31-33)20(26(27,28)29)13-23(35)32(25)14-22(34)30-21-8-6-7-15(2)16(21)3/h6-13H,5,14H2,1-4H3,(H,30,34). The summed E-state index contributed by atoms with van der Waals surface area (Å²) in [4.78, 5) is 25.9. The van der Waals surface area contributed by atoms with E-state index >= 15 is 0 Å². The number of nitrogens with zero attached hydrogens (tertiary/aromatic N) is 3. The van der Waals surface area contributed by atoms with Gasteiger partial charge in [0.25, 0.3) is 5.56 Å². The molecule has 0 aliphatic rings. The van der Waals surface area contributed by atoms with Crippen LogP contribution in [0.5, 0.6) is 0 Å². The van der Waals surface area contributed by atoms with Crippen molar-refractivity contribution in [3.8, 4) is 5.69 Å². The highest BCUT2D eigenvalue weighted by Gasteiger charge is 2.36. The minimum Gasteiger partial charge on any atom is -0.324 e. The molecule has 2 aromatic heterocycles. The van der Waals surface area contributed by atoms with Gasteiger partial charge in [-0.2, -0.15) is 18.3 Å². The highest BCUT2D eigenvalue weighted by molar-refractivity contribution is 5.93. The number of carbonyl (C=O) groups is 1. The smallest absolute Gasteiger partial charge is 0.324 e. The Labute approximate surface area is 200 Å². The van der Waals surface area contributed by atoms with E-state index in [4.69, 9.17) is 0 Å². The summed E-state index contributed by atoms with van der Waals surface area (Å²) in [5.74, 6) is -0.534. The Bertz CT molecular complexity index is 1480. The number of aromatic nitrogens is 3. The van der Waals surface area contributed by atoms with Gasteiger partial charge in [-0.25, -0.2) is 4.68 Å². The molecule has 0 unspecified atom stereocenters. The van der Waals surface area contributed by atoms with Crippen molar-refractivity contribution in [3.63, 3.8) is 0 Å². The van der Waals surface area contributed by atoms with Crippen LogP contribution in [0.1, 0.15) is 34.9 Å². The summed E-state index contributed by atoms with van der Waals surface area (Å²) in [5.41, 5.74) is 1.96. The van der Waals surface area contributed by atoms with E-state index in [-0.39, 0.29) is 16.7 Å². The Morgan fingerprint density at radius 3 is 2.37 bits per heavy atom. The largest absolute Gasteiger partial charge is 0.417 e. The lowest BCUT2D eigenvalue weighted by Gasteiger charge is -2.15. The van der Waals surface area contributed by atoms with Crippen LogP contribution >= 0.6 is 0 Å². The molecule has 35 heavy (non-hydrogen) atoms. The molecule has 0 saturated carbocycles. The average molecular weight is 483 g/mol. The van der Waals surface area contributed by atoms with Crippen molar-refractivity contribution in [3.05, 3.63) is 86.8 Å². The highest BCUT2D eigenvalue weighted by Crippen LogP contribution is 2.36. The number of pyridine rings is 1. The molecular weight excluding hydrogens is 457 g/mol. The van der Waals surface area contributed by atoms with Crippen LogP contribution in [0.2, 0.25) is 0 Å². The molecule has 0 aliphatic heterocycles. The number of hydrogen-bond acceptors (Lipinski definition) is 3. The van der Waals surface area contributed by atoms with E-state index in [1.54, 1.807) is 24.3 Å². The summed E-state index contributed by atoms with van der Waals surface area (Å²) in [6.45, 7) is 6.73. The maximum atomic E-state index is 13.9. The van der Waals surface area contributed by atoms with Crippen LogP contribution in [0.4, 0.5) is 18.9 Å². The number of rotatable bonds is 5. The van der Waals surface area contributed by atoms with Crippen molar-refractivity contribution in [1.29, 1.82) is 0 Å². The van der Waals surface area contributed by atoms with Gasteiger partial charge in [0.05, 0.1) is 22.3 Å². The quantitative estimate of drug-likeness (QED) is 0.418. The summed E-state index contributed by atoms with van der Waals surface area (Å²) in [5, 5.41) is 6.89. The van der Waals surface area contributed by atoms with Gasteiger partial charge in [-0.3, -0.25) is 14.2 Å². The first-order valence-electron chi connectivity index (χ1n) is 11.2. The molecule has 0 fully saturated rings. The number of aryl methyl sites for hydroxylation is 3. The minimum atomic E-state index is -4.76. The fourth-order valence-corrected chi connectivity index (χ4v) is 4.11. The fourth-order valence-electron chi connectivity index (χ4n) is 4.11. The maximum Gasteiger partial charge on any atom is 0.417 e. The molecule has 0 saturated heterocycles. The summed E-state index contributed by atoms with van der Waals surface area (Å²) in [7, 11) is 0. The van der Waals surface area contributed by atoms with E-state index < -0.39 is 29.8 Å². The SMILES string of the molecule is CCc1ccc(-n2nc(C)c3c(C(F)(F)F)cc(=O)n(CC(=O)Nc4cccc(C)c4C)c32)cc1. The first kappa shape index (κ1) is 24.3. The molecule has 2 heterocycles. The van der Waals surface area contributed by atoms with Crippen LogP contribution in [0.25, 0.3) is 16.7 Å². The lowest BCUT2D eigenvalue weighted by molar-refractivity contribution is -0.136. The molecule has 0 atom stereocenters. The topological polar surface area (TPSA) is 68.9 Å². The van der Waals surface area contributed by atoms with Gasteiger partial charge in [0.15, 0.2) is 0 Å². The molecule has 0 aliphatic carbocycles. The average Bonchev–Trinajstić information content (AvgIpc) is 3.15. The van der Waals surface area contributed by atoms with Crippen molar-refractivity contribution < 1.29 is 18.0 Å². The Morgan fingerprint density at radius 1 is 1.06 bits per heavy atom. The third kappa shape index (κ3) is 4.58. The highest BCUT2D eigenvalue weighted by atomic mass is 19.4. The van der Waals surface area contributed by atoms with Crippen molar-refractivity contribution in [1.82, 2.24) is 14.3 Å². The molecule has 0 bridgehead atoms. The van der Waals surface area contributed by atoms with Gasteiger partial charge < -0.3 is 5.32 Å². The molecule has 4 aromatic rings. The number of nitrogens with one attached hydrogen (secondary N) is 1. The van der Waals surface area contributed by atoms with Gasteiger partial charge in [-0.1, -0.05) is 31.2 Å². The normalized spacial score (nSPS) is 11.7. The van der Waals surface area contributed by atoms with Crippen molar-refractivity contribution in [2.45, 2.75) is 46.8 Å². The summed E-state index contributed by atoms with van der Waals surface area (Å²) >= 11 is 0. The Balaban J connectivity index is 1.89. The van der Waals surface area contributed by atoms with Gasteiger partial charge in [0.1, 0.15) is 12.2 Å². The van der Waals surface area contributed by atoms with E-state index in [0.717, 1.165) is 27.7 Å². The number of halogens is 3. The van der Waals surface area contributed by atoms with E-state index in [0.29, 0.717) is 17.4 Å². The van der Waals surface area contributed by atoms with Crippen molar-refractivity contribution in [2.75, 3.05) is 5.32 Å². The Morgan fingerprint density at radius 2 is 1.74 bits per heavy atom. The fraction of sp³-hybridized carbons (Fsp3) is 0.269. The number of hydrogen-bond donors (Lipinski definition) is 1. The predicted octanol–water partition coefficient (Wildman–Crippen LogP) is 5.33. The second-order valence-corrected chi connectivity index (χ2v) is 8.49. The van der Waals surface area contributed by atoms with Gasteiger partial charge in [0, 0.05) is 11.8 Å². The zero-order chi connectivity index (χ0) is 25.5. The zero-order valence-electron chi connectivity index (χ0n) is 19.8. The van der Waals surface area contributed by atoms with Crippen LogP contribution < -0.4 is 10.9 Å². The number of anilines is 1. The van der Waals surface area contributed by atoms with Crippen LogP contribution in [-0.4, -0.2) is 20.3 Å². The van der Waals surface area contributed by atoms with Crippen molar-refractivity contribution >= 4 is 22.6 Å². The molecule has 0 radical (unpaired) electrons. The third-order valence-corrected chi connectivity index (χ3v) is 6.17. The van der Waals surface area contributed by atoms with E-state index in [2.05, 4.69) is 10.4 Å². The number of amides is 1. The second-order valence-electron chi connectivity index (χ2n) is 8.49. The minimum absolute atomic E-state index is 0.0808. The van der Waals surface area contributed by atoms with Gasteiger partial charge in [-0.05, 0) is 62.1 Å². The first-order valence-corrected chi connectivity index (χ1v) is 11.2. The summed E-state index contributed by atoms with van der Waals surface area (Å²) in [6, 6.07) is 13.1. The Hall–Kier alpha value is -3.88. The molecule has 4 rings (SSSR count). The number of alkyl halides is 3. The molecule has 0 spiro atoms. The number of benzene rings is 2. The number of fused-ring (bicyclic) bond motifs is 1. The summed E-state index contributed by atoms with van der Waals surface area (Å²) < 4.78 is 44.0. The van der Waals surface area contributed by atoms with Crippen molar-refractivity contribution in [2.24, 2.45) is 0 Å². The molecule has 1 amide bonds.